The quantitative estimate of drug-likeness (QED) is 0.697. The van der Waals surface area contributed by atoms with Crippen LogP contribution in [0.3, 0.4) is 0 Å². The number of carbonyl (C=O) groups excluding carboxylic acids is 1. The maximum Gasteiger partial charge on any atom is 0.271 e. The molecule has 0 fully saturated rings. The van der Waals surface area contributed by atoms with Gasteiger partial charge in [-0.1, -0.05) is 30.3 Å². The van der Waals surface area contributed by atoms with Crippen LogP contribution in [-0.2, 0) is 11.3 Å². The Bertz CT molecular complexity index is 746. The van der Waals surface area contributed by atoms with Crippen molar-refractivity contribution in [3.63, 3.8) is 0 Å². The Morgan fingerprint density at radius 1 is 1.26 bits per heavy atom. The molecule has 0 saturated carbocycles. The molecule has 1 N–H and O–H groups in total. The summed E-state index contributed by atoms with van der Waals surface area (Å²) in [6.45, 7) is 2.34. The third-order valence-electron chi connectivity index (χ3n) is 3.85. The lowest BCUT2D eigenvalue weighted by molar-refractivity contribution is -0.384. The van der Waals surface area contributed by atoms with Crippen molar-refractivity contribution in [2.75, 3.05) is 10.2 Å². The summed E-state index contributed by atoms with van der Waals surface area (Å²) < 4.78 is 0. The molecule has 0 radical (unpaired) electrons. The number of amides is 1. The molecule has 0 unspecified atom stereocenters. The van der Waals surface area contributed by atoms with Gasteiger partial charge >= 0.3 is 0 Å². The number of nitro groups is 1. The fraction of sp³-hybridized carbons (Fsp3) is 0.235. The smallest absolute Gasteiger partial charge is 0.271 e. The second-order valence-electron chi connectivity index (χ2n) is 5.67. The van der Waals surface area contributed by atoms with Gasteiger partial charge in [0.05, 0.1) is 22.8 Å². The first-order valence-corrected chi connectivity index (χ1v) is 7.44. The van der Waals surface area contributed by atoms with Crippen molar-refractivity contribution in [3.05, 3.63) is 64.2 Å². The molecule has 0 saturated heterocycles. The molecule has 0 aliphatic carbocycles. The van der Waals surface area contributed by atoms with Crippen molar-refractivity contribution < 1.29 is 9.72 Å². The standard InChI is InChI=1S/C17H17N3O3/c1-12-9-17(21)19(11-13-5-3-2-4-6-13)16-8-7-14(20(22)23)10-15(16)18-12/h2-8,10,12,18H,9,11H2,1H3/t12-/m0/s1. The van der Waals surface area contributed by atoms with Crippen LogP contribution in [0.15, 0.2) is 48.5 Å². The molecule has 1 aliphatic heterocycles. The minimum Gasteiger partial charge on any atom is -0.380 e. The highest BCUT2D eigenvalue weighted by molar-refractivity contribution is 5.99. The number of anilines is 2. The normalized spacial score (nSPS) is 17.2. The summed E-state index contributed by atoms with van der Waals surface area (Å²) in [7, 11) is 0. The summed E-state index contributed by atoms with van der Waals surface area (Å²) in [5.41, 5.74) is 2.32. The summed E-state index contributed by atoms with van der Waals surface area (Å²) in [6, 6.07) is 14.2. The molecule has 0 bridgehead atoms. The number of non-ortho nitro benzene ring substituents is 1. The van der Waals surface area contributed by atoms with Crippen LogP contribution in [0.4, 0.5) is 17.1 Å². The minimum absolute atomic E-state index is 0.00135. The van der Waals surface area contributed by atoms with E-state index in [9.17, 15) is 14.9 Å². The number of hydrogen-bond acceptors (Lipinski definition) is 4. The van der Waals surface area contributed by atoms with Crippen molar-refractivity contribution in [2.24, 2.45) is 0 Å². The van der Waals surface area contributed by atoms with Gasteiger partial charge in [-0.3, -0.25) is 14.9 Å². The van der Waals surface area contributed by atoms with Crippen molar-refractivity contribution in [2.45, 2.75) is 25.9 Å². The van der Waals surface area contributed by atoms with Gasteiger partial charge in [0.1, 0.15) is 0 Å². The first kappa shape index (κ1) is 15.0. The lowest BCUT2D eigenvalue weighted by Gasteiger charge is -2.22. The minimum atomic E-state index is -0.430. The van der Waals surface area contributed by atoms with Gasteiger partial charge in [-0.05, 0) is 18.6 Å². The van der Waals surface area contributed by atoms with E-state index >= 15 is 0 Å². The molecule has 1 atom stereocenters. The first-order chi connectivity index (χ1) is 11.0. The predicted molar refractivity (Wildman–Crippen MR) is 88.4 cm³/mol. The fourth-order valence-corrected chi connectivity index (χ4v) is 2.75. The van der Waals surface area contributed by atoms with Crippen LogP contribution in [0.2, 0.25) is 0 Å². The largest absolute Gasteiger partial charge is 0.380 e. The van der Waals surface area contributed by atoms with E-state index in [-0.39, 0.29) is 17.6 Å². The van der Waals surface area contributed by atoms with E-state index in [1.807, 2.05) is 37.3 Å². The topological polar surface area (TPSA) is 75.5 Å². The summed E-state index contributed by atoms with van der Waals surface area (Å²) in [5.74, 6) is 0.00135. The van der Waals surface area contributed by atoms with Crippen LogP contribution in [0.1, 0.15) is 18.9 Å². The molecular formula is C17H17N3O3. The number of hydrogen-bond donors (Lipinski definition) is 1. The molecule has 1 heterocycles. The third-order valence-corrected chi connectivity index (χ3v) is 3.85. The van der Waals surface area contributed by atoms with Crippen LogP contribution in [0.5, 0.6) is 0 Å². The number of nitro benzene ring substituents is 1. The first-order valence-electron chi connectivity index (χ1n) is 7.44. The van der Waals surface area contributed by atoms with Gasteiger partial charge in [0.2, 0.25) is 5.91 Å². The molecule has 0 aromatic heterocycles. The number of fused-ring (bicyclic) bond motifs is 1. The highest BCUT2D eigenvalue weighted by Crippen LogP contribution is 2.34. The molecule has 23 heavy (non-hydrogen) atoms. The zero-order valence-corrected chi connectivity index (χ0v) is 12.7. The van der Waals surface area contributed by atoms with Crippen molar-refractivity contribution in [3.8, 4) is 0 Å². The van der Waals surface area contributed by atoms with Gasteiger partial charge in [0, 0.05) is 24.6 Å². The third kappa shape index (κ3) is 3.15. The van der Waals surface area contributed by atoms with E-state index in [0.717, 1.165) is 5.56 Å². The van der Waals surface area contributed by atoms with E-state index in [2.05, 4.69) is 5.32 Å². The number of nitrogens with zero attached hydrogens (tertiary/aromatic N) is 2. The molecule has 118 valence electrons. The van der Waals surface area contributed by atoms with E-state index < -0.39 is 4.92 Å². The Morgan fingerprint density at radius 2 is 2.00 bits per heavy atom. The monoisotopic (exact) mass is 311 g/mol. The zero-order chi connectivity index (χ0) is 16.4. The van der Waals surface area contributed by atoms with Crippen molar-refractivity contribution in [1.82, 2.24) is 0 Å². The number of carbonyl (C=O) groups is 1. The van der Waals surface area contributed by atoms with Gasteiger partial charge in [-0.25, -0.2) is 0 Å². The Hall–Kier alpha value is -2.89. The lowest BCUT2D eigenvalue weighted by atomic mass is 10.1. The van der Waals surface area contributed by atoms with Crippen molar-refractivity contribution >= 4 is 23.0 Å². The maximum absolute atomic E-state index is 12.6. The van der Waals surface area contributed by atoms with Gasteiger partial charge in [0.25, 0.3) is 5.69 Å². The Balaban J connectivity index is 2.02. The van der Waals surface area contributed by atoms with Crippen LogP contribution < -0.4 is 10.2 Å². The van der Waals surface area contributed by atoms with Crippen LogP contribution in [0, 0.1) is 10.1 Å². The molecule has 3 rings (SSSR count). The predicted octanol–water partition coefficient (Wildman–Crippen LogP) is 3.33. The summed E-state index contributed by atoms with van der Waals surface area (Å²) in [4.78, 5) is 24.8. The lowest BCUT2D eigenvalue weighted by Crippen LogP contribution is -2.31. The summed E-state index contributed by atoms with van der Waals surface area (Å²) >= 11 is 0. The van der Waals surface area contributed by atoms with E-state index in [1.165, 1.54) is 12.1 Å². The highest BCUT2D eigenvalue weighted by atomic mass is 16.6. The molecular weight excluding hydrogens is 294 g/mol. The molecule has 6 heteroatoms. The molecule has 1 amide bonds. The van der Waals surface area contributed by atoms with E-state index in [4.69, 9.17) is 0 Å². The van der Waals surface area contributed by atoms with E-state index in [1.54, 1.807) is 11.0 Å². The average Bonchev–Trinajstić information content (AvgIpc) is 2.64. The number of rotatable bonds is 3. The van der Waals surface area contributed by atoms with E-state index in [0.29, 0.717) is 24.3 Å². The second kappa shape index (κ2) is 6.08. The Labute approximate surface area is 133 Å². The number of benzene rings is 2. The van der Waals surface area contributed by atoms with Crippen molar-refractivity contribution in [1.29, 1.82) is 0 Å². The van der Waals surface area contributed by atoms with Crippen LogP contribution in [-0.4, -0.2) is 16.9 Å². The van der Waals surface area contributed by atoms with Crippen LogP contribution in [0.25, 0.3) is 0 Å². The van der Waals surface area contributed by atoms with Crippen LogP contribution >= 0.6 is 0 Å². The average molecular weight is 311 g/mol. The summed E-state index contributed by atoms with van der Waals surface area (Å²) in [5, 5.41) is 14.2. The fourth-order valence-electron chi connectivity index (χ4n) is 2.75. The summed E-state index contributed by atoms with van der Waals surface area (Å²) in [6.07, 6.45) is 0.343. The zero-order valence-electron chi connectivity index (χ0n) is 12.7. The maximum atomic E-state index is 12.6. The second-order valence-corrected chi connectivity index (χ2v) is 5.67. The number of nitrogens with one attached hydrogen (secondary N) is 1. The SMILES string of the molecule is C[C@H]1CC(=O)N(Cc2ccccc2)c2ccc([N+](=O)[O-])cc2N1. The molecule has 2 aromatic carbocycles. The van der Waals surface area contributed by atoms with Gasteiger partial charge in [0.15, 0.2) is 0 Å². The molecule has 0 spiro atoms. The Kier molecular flexibility index (Phi) is 3.97. The molecule has 1 aliphatic rings. The highest BCUT2D eigenvalue weighted by Gasteiger charge is 2.26. The van der Waals surface area contributed by atoms with Gasteiger partial charge in [-0.15, -0.1) is 0 Å². The Morgan fingerprint density at radius 3 is 2.70 bits per heavy atom. The molecule has 2 aromatic rings. The molecule has 6 nitrogen and oxygen atoms in total. The van der Waals surface area contributed by atoms with Gasteiger partial charge in [-0.2, -0.15) is 0 Å². The van der Waals surface area contributed by atoms with Gasteiger partial charge < -0.3 is 10.2 Å².